The lowest BCUT2D eigenvalue weighted by Crippen LogP contribution is -2.31. The van der Waals surface area contributed by atoms with Gasteiger partial charge in [0.1, 0.15) is 6.16 Å². The van der Waals surface area contributed by atoms with E-state index in [1.165, 1.54) is 0 Å². The third-order valence-corrected chi connectivity index (χ3v) is 5.96. The Morgan fingerprint density at radius 2 is 1.30 bits per heavy atom. The maximum Gasteiger partial charge on any atom is 0.338 e. The fraction of sp³-hybridized carbons (Fsp3) is 0.381. The standard InChI is InChI=1S/C21H28NO4P/c1-3-25-27(24,26-4-2)18-21(23)17-22(15-19-11-7-5-8-12-19)16-20-13-9-6-10-14-20/h5-14H,3-4,15-18H2,1-2H3. The summed E-state index contributed by atoms with van der Waals surface area (Å²) in [7, 11) is -3.37. The molecular formula is C21H28NO4P. The van der Waals surface area contributed by atoms with Crippen molar-refractivity contribution in [3.63, 3.8) is 0 Å². The molecule has 0 saturated carbocycles. The van der Waals surface area contributed by atoms with Crippen molar-refractivity contribution in [2.45, 2.75) is 26.9 Å². The fourth-order valence-electron chi connectivity index (χ4n) is 2.89. The molecule has 0 unspecified atom stereocenters. The van der Waals surface area contributed by atoms with Crippen molar-refractivity contribution >= 4 is 13.4 Å². The van der Waals surface area contributed by atoms with E-state index in [2.05, 4.69) is 4.90 Å². The van der Waals surface area contributed by atoms with Gasteiger partial charge in [-0.3, -0.25) is 14.3 Å². The average Bonchev–Trinajstić information content (AvgIpc) is 2.63. The Bertz CT molecular complexity index is 685. The maximum absolute atomic E-state index is 12.6. The van der Waals surface area contributed by atoms with Crippen LogP contribution in [-0.2, 0) is 31.5 Å². The molecule has 0 spiro atoms. The molecule has 5 nitrogen and oxygen atoms in total. The van der Waals surface area contributed by atoms with Crippen molar-refractivity contribution in [3.05, 3.63) is 71.8 Å². The number of ketones is 1. The predicted molar refractivity (Wildman–Crippen MR) is 108 cm³/mol. The van der Waals surface area contributed by atoms with Crippen LogP contribution in [0.4, 0.5) is 0 Å². The van der Waals surface area contributed by atoms with E-state index >= 15 is 0 Å². The second-order valence-electron chi connectivity index (χ2n) is 6.26. The highest BCUT2D eigenvalue weighted by atomic mass is 31.2. The zero-order chi connectivity index (χ0) is 19.5. The van der Waals surface area contributed by atoms with Crippen molar-refractivity contribution in [1.82, 2.24) is 4.90 Å². The summed E-state index contributed by atoms with van der Waals surface area (Å²) in [4.78, 5) is 14.7. The van der Waals surface area contributed by atoms with Gasteiger partial charge in [0.25, 0.3) is 0 Å². The van der Waals surface area contributed by atoms with Crippen LogP contribution in [0.1, 0.15) is 25.0 Å². The molecule has 0 N–H and O–H groups in total. The molecule has 0 fully saturated rings. The first-order valence-corrected chi connectivity index (χ1v) is 11.0. The number of hydrogen-bond acceptors (Lipinski definition) is 5. The molecule has 2 aromatic carbocycles. The van der Waals surface area contributed by atoms with Gasteiger partial charge in [0.15, 0.2) is 5.78 Å². The van der Waals surface area contributed by atoms with Gasteiger partial charge in [0, 0.05) is 13.1 Å². The summed E-state index contributed by atoms with van der Waals surface area (Å²) in [6, 6.07) is 20.0. The highest BCUT2D eigenvalue weighted by Crippen LogP contribution is 2.47. The Hall–Kier alpha value is -1.78. The van der Waals surface area contributed by atoms with Gasteiger partial charge in [0.05, 0.1) is 19.8 Å². The molecule has 146 valence electrons. The van der Waals surface area contributed by atoms with Crippen LogP contribution in [-0.4, -0.2) is 36.6 Å². The van der Waals surface area contributed by atoms with Gasteiger partial charge in [-0.25, -0.2) is 0 Å². The van der Waals surface area contributed by atoms with Crippen molar-refractivity contribution in [1.29, 1.82) is 0 Å². The van der Waals surface area contributed by atoms with E-state index in [-0.39, 0.29) is 31.7 Å². The Morgan fingerprint density at radius 3 is 1.70 bits per heavy atom. The van der Waals surface area contributed by atoms with E-state index < -0.39 is 7.60 Å². The predicted octanol–water partition coefficient (Wildman–Crippen LogP) is 4.52. The molecule has 0 aliphatic rings. The fourth-order valence-corrected chi connectivity index (χ4v) is 4.46. The number of carbonyl (C=O) groups excluding carboxylic acids is 1. The van der Waals surface area contributed by atoms with Crippen molar-refractivity contribution in [3.8, 4) is 0 Å². The molecule has 0 amide bonds. The molecule has 6 heteroatoms. The molecule has 2 rings (SSSR count). The van der Waals surface area contributed by atoms with E-state index in [0.717, 1.165) is 11.1 Å². The molecule has 0 aliphatic heterocycles. The van der Waals surface area contributed by atoms with Crippen molar-refractivity contribution in [2.24, 2.45) is 0 Å². The molecule has 0 atom stereocenters. The number of hydrogen-bond donors (Lipinski definition) is 0. The molecule has 0 bridgehead atoms. The van der Waals surface area contributed by atoms with Crippen molar-refractivity contribution in [2.75, 3.05) is 25.9 Å². The van der Waals surface area contributed by atoms with Gasteiger partial charge in [-0.15, -0.1) is 0 Å². The highest BCUT2D eigenvalue weighted by molar-refractivity contribution is 7.54. The minimum Gasteiger partial charge on any atom is -0.309 e. The van der Waals surface area contributed by atoms with E-state index in [1.54, 1.807) is 13.8 Å². The summed E-state index contributed by atoms with van der Waals surface area (Å²) in [5, 5.41) is 0. The van der Waals surface area contributed by atoms with Gasteiger partial charge in [-0.1, -0.05) is 60.7 Å². The second-order valence-corrected chi connectivity index (χ2v) is 8.31. The van der Waals surface area contributed by atoms with Crippen LogP contribution in [0.5, 0.6) is 0 Å². The first kappa shape index (κ1) is 21.5. The van der Waals surface area contributed by atoms with Gasteiger partial charge in [-0.05, 0) is 25.0 Å². The number of carbonyl (C=O) groups is 1. The zero-order valence-corrected chi connectivity index (χ0v) is 16.9. The van der Waals surface area contributed by atoms with Crippen LogP contribution in [0.25, 0.3) is 0 Å². The van der Waals surface area contributed by atoms with Gasteiger partial charge in [0.2, 0.25) is 0 Å². The topological polar surface area (TPSA) is 55.8 Å². The molecule has 0 aromatic heterocycles. The summed E-state index contributed by atoms with van der Waals surface area (Å²) in [5.41, 5.74) is 2.25. The molecular weight excluding hydrogens is 361 g/mol. The van der Waals surface area contributed by atoms with E-state index in [4.69, 9.17) is 9.05 Å². The average molecular weight is 389 g/mol. The Balaban J connectivity index is 2.07. The smallest absolute Gasteiger partial charge is 0.309 e. The first-order valence-electron chi connectivity index (χ1n) is 9.24. The SMILES string of the molecule is CCOP(=O)(CC(=O)CN(Cc1ccccc1)Cc1ccccc1)OCC. The van der Waals surface area contributed by atoms with Crippen LogP contribution in [0.3, 0.4) is 0 Å². The van der Waals surface area contributed by atoms with Crippen LogP contribution in [0, 0.1) is 0 Å². The summed E-state index contributed by atoms with van der Waals surface area (Å²) >= 11 is 0. The third-order valence-electron chi connectivity index (χ3n) is 3.92. The molecule has 0 saturated heterocycles. The van der Waals surface area contributed by atoms with Crippen LogP contribution >= 0.6 is 7.60 Å². The van der Waals surface area contributed by atoms with Gasteiger partial charge >= 0.3 is 7.60 Å². The van der Waals surface area contributed by atoms with Crippen LogP contribution in [0.15, 0.2) is 60.7 Å². The number of benzene rings is 2. The monoisotopic (exact) mass is 389 g/mol. The van der Waals surface area contributed by atoms with Crippen LogP contribution < -0.4 is 0 Å². The Morgan fingerprint density at radius 1 is 0.852 bits per heavy atom. The van der Waals surface area contributed by atoms with Gasteiger partial charge in [-0.2, -0.15) is 0 Å². The number of rotatable bonds is 12. The quantitative estimate of drug-likeness (QED) is 0.500. The Kier molecular flexibility index (Phi) is 8.89. The summed E-state index contributed by atoms with van der Waals surface area (Å²) in [5.74, 6) is -0.146. The lowest BCUT2D eigenvalue weighted by molar-refractivity contribution is -0.118. The molecule has 0 heterocycles. The Labute approximate surface area is 161 Å². The molecule has 0 radical (unpaired) electrons. The van der Waals surface area contributed by atoms with Gasteiger partial charge < -0.3 is 9.05 Å². The maximum atomic E-state index is 12.6. The zero-order valence-electron chi connectivity index (χ0n) is 16.0. The number of Topliss-reactive ketones (excluding diaryl/α,β-unsaturated/α-hetero) is 1. The first-order chi connectivity index (χ1) is 13.0. The largest absolute Gasteiger partial charge is 0.338 e. The second kappa shape index (κ2) is 11.2. The summed E-state index contributed by atoms with van der Waals surface area (Å²) in [6.45, 7) is 5.45. The normalized spacial score (nSPS) is 11.7. The van der Waals surface area contributed by atoms with Crippen LogP contribution in [0.2, 0.25) is 0 Å². The highest BCUT2D eigenvalue weighted by Gasteiger charge is 2.28. The lowest BCUT2D eigenvalue weighted by Gasteiger charge is -2.23. The minimum atomic E-state index is -3.37. The van der Waals surface area contributed by atoms with Crippen molar-refractivity contribution < 1.29 is 18.4 Å². The molecule has 27 heavy (non-hydrogen) atoms. The lowest BCUT2D eigenvalue weighted by atomic mass is 10.1. The molecule has 2 aromatic rings. The van der Waals surface area contributed by atoms with E-state index in [9.17, 15) is 9.36 Å². The summed E-state index contributed by atoms with van der Waals surface area (Å²) < 4.78 is 23.1. The van der Waals surface area contributed by atoms with E-state index in [0.29, 0.717) is 13.1 Å². The number of nitrogens with zero attached hydrogens (tertiary/aromatic N) is 1. The third kappa shape index (κ3) is 7.77. The molecule has 0 aliphatic carbocycles. The minimum absolute atomic E-state index is 0.146. The van der Waals surface area contributed by atoms with E-state index in [1.807, 2.05) is 60.7 Å². The summed E-state index contributed by atoms with van der Waals surface area (Å²) in [6.07, 6.45) is -0.200.